The van der Waals surface area contributed by atoms with Gasteiger partial charge in [0.25, 0.3) is 0 Å². The van der Waals surface area contributed by atoms with Gasteiger partial charge in [0.15, 0.2) is 0 Å². The van der Waals surface area contributed by atoms with E-state index in [4.69, 9.17) is 6.85 Å². The number of rotatable bonds is 4. The zero-order valence-corrected chi connectivity index (χ0v) is 10.9. The molecule has 16 heavy (non-hydrogen) atoms. The zero-order valence-electron chi connectivity index (χ0n) is 15.9. The van der Waals surface area contributed by atoms with E-state index in [0.717, 1.165) is 11.1 Å². The van der Waals surface area contributed by atoms with Crippen molar-refractivity contribution in [1.29, 1.82) is 0 Å². The van der Waals surface area contributed by atoms with Crippen molar-refractivity contribution in [2.45, 2.75) is 45.1 Å². The smallest absolute Gasteiger partial charge is 0.111 e. The van der Waals surface area contributed by atoms with Crippen molar-refractivity contribution >= 4 is 0 Å². The van der Waals surface area contributed by atoms with Crippen LogP contribution in [0.2, 0.25) is 0 Å². The molecule has 1 aliphatic heterocycles. The van der Waals surface area contributed by atoms with Crippen molar-refractivity contribution < 1.29 is 11.3 Å². The Bertz CT molecular complexity index is 510. The van der Waals surface area contributed by atoms with Gasteiger partial charge in [0.2, 0.25) is 0 Å². The summed E-state index contributed by atoms with van der Waals surface area (Å²) in [5.41, 5.74) is 1.47. The SMILES string of the molecule is [2H]C1=C([2H])C([2H])(CC(=C)C)[N+](C)(C)C([2H])(CC(=C)C)C1[2H]. The van der Waals surface area contributed by atoms with E-state index in [0.29, 0.717) is 0 Å². The molecule has 1 heterocycles. The van der Waals surface area contributed by atoms with Crippen LogP contribution < -0.4 is 0 Å². The Hall–Kier alpha value is -0.820. The predicted molar refractivity (Wildman–Crippen MR) is 72.3 cm³/mol. The molecule has 0 aliphatic carbocycles. The summed E-state index contributed by atoms with van der Waals surface area (Å²) in [6, 6.07) is -3.30. The van der Waals surface area contributed by atoms with Crippen LogP contribution in [0.5, 0.6) is 0 Å². The molecule has 1 rings (SSSR count). The third-order valence-electron chi connectivity index (χ3n) is 2.80. The van der Waals surface area contributed by atoms with Gasteiger partial charge in [0.05, 0.1) is 24.2 Å². The lowest BCUT2D eigenvalue weighted by atomic mass is 9.92. The molecule has 3 unspecified atom stereocenters. The topological polar surface area (TPSA) is 0 Å². The standard InChI is InChI=1S/C15H26N/c1-12(2)10-14-8-7-9-15(11-13(3)4)16(14,5)6/h7-8,14-15H,1,3,9-11H2,2,4-6H3/q+1/i7D,8D,9D,14D,15D. The van der Waals surface area contributed by atoms with E-state index in [2.05, 4.69) is 13.2 Å². The number of hydrogen-bond donors (Lipinski definition) is 0. The van der Waals surface area contributed by atoms with E-state index in [1.54, 1.807) is 27.9 Å². The van der Waals surface area contributed by atoms with Crippen LogP contribution in [0.25, 0.3) is 0 Å². The summed E-state index contributed by atoms with van der Waals surface area (Å²) in [5, 5.41) is 0. The van der Waals surface area contributed by atoms with E-state index >= 15 is 0 Å². The summed E-state index contributed by atoms with van der Waals surface area (Å²) in [6.45, 7) is 11.2. The fourth-order valence-corrected chi connectivity index (χ4v) is 1.76. The zero-order chi connectivity index (χ0) is 16.8. The fourth-order valence-electron chi connectivity index (χ4n) is 1.76. The van der Waals surface area contributed by atoms with E-state index < -0.39 is 18.4 Å². The van der Waals surface area contributed by atoms with Crippen LogP contribution in [0.15, 0.2) is 36.4 Å². The minimum absolute atomic E-state index is 0.172. The van der Waals surface area contributed by atoms with Crippen molar-refractivity contribution in [2.24, 2.45) is 0 Å². The van der Waals surface area contributed by atoms with Gasteiger partial charge in [-0.1, -0.05) is 30.4 Å². The molecule has 90 valence electrons. The normalized spacial score (nSPS) is 47.2. The quantitative estimate of drug-likeness (QED) is 0.505. The van der Waals surface area contributed by atoms with Crippen LogP contribution in [-0.2, 0) is 0 Å². The Labute approximate surface area is 108 Å². The fraction of sp³-hybridized carbons (Fsp3) is 0.600. The van der Waals surface area contributed by atoms with E-state index in [1.807, 2.05) is 0 Å². The Morgan fingerprint density at radius 2 is 2.00 bits per heavy atom. The minimum atomic E-state index is -1.47. The lowest BCUT2D eigenvalue weighted by molar-refractivity contribution is -0.933. The van der Waals surface area contributed by atoms with Crippen molar-refractivity contribution in [3.05, 3.63) is 36.4 Å². The molecule has 0 saturated carbocycles. The van der Waals surface area contributed by atoms with Crippen molar-refractivity contribution in [3.8, 4) is 0 Å². The maximum Gasteiger partial charge on any atom is 0.111 e. The van der Waals surface area contributed by atoms with E-state index in [1.165, 1.54) is 0 Å². The first-order chi connectivity index (χ1) is 9.31. The summed E-state index contributed by atoms with van der Waals surface area (Å²) < 4.78 is 41.9. The van der Waals surface area contributed by atoms with Crippen LogP contribution >= 0.6 is 0 Å². The van der Waals surface area contributed by atoms with E-state index in [9.17, 15) is 0 Å². The molecule has 1 aliphatic rings. The van der Waals surface area contributed by atoms with Gasteiger partial charge in [0, 0.05) is 20.6 Å². The molecule has 3 atom stereocenters. The second-order valence-electron chi connectivity index (χ2n) is 5.07. The first-order valence-electron chi connectivity index (χ1n) is 8.12. The first kappa shape index (κ1) is 7.50. The third kappa shape index (κ3) is 3.08. The van der Waals surface area contributed by atoms with Gasteiger partial charge in [-0.25, -0.2) is 0 Å². The van der Waals surface area contributed by atoms with Gasteiger partial charge in [0.1, 0.15) is 7.39 Å². The van der Waals surface area contributed by atoms with Crippen molar-refractivity contribution in [1.82, 2.24) is 0 Å². The average molecular weight is 225 g/mol. The number of quaternary nitrogens is 1. The summed E-state index contributed by atoms with van der Waals surface area (Å²) in [6.07, 6.45) is -0.744. The van der Waals surface area contributed by atoms with Gasteiger partial charge in [-0.3, -0.25) is 0 Å². The Balaban J connectivity index is 3.60. The molecular weight excluding hydrogens is 194 g/mol. The van der Waals surface area contributed by atoms with Crippen LogP contribution in [0.1, 0.15) is 39.9 Å². The number of nitrogens with zero attached hydrogens (tertiary/aromatic N) is 1. The monoisotopic (exact) mass is 225 g/mol. The van der Waals surface area contributed by atoms with Gasteiger partial charge in [-0.2, -0.15) is 0 Å². The van der Waals surface area contributed by atoms with Crippen LogP contribution in [0.3, 0.4) is 0 Å². The molecule has 0 radical (unpaired) electrons. The minimum Gasteiger partial charge on any atom is -0.320 e. The lowest BCUT2D eigenvalue weighted by Crippen LogP contribution is -2.56. The van der Waals surface area contributed by atoms with Gasteiger partial charge < -0.3 is 4.48 Å². The second kappa shape index (κ2) is 5.01. The molecule has 0 bridgehead atoms. The average Bonchev–Trinajstić information content (AvgIpc) is 2.32. The van der Waals surface area contributed by atoms with Crippen LogP contribution in [0, 0.1) is 0 Å². The summed E-state index contributed by atoms with van der Waals surface area (Å²) in [4.78, 5) is 0. The second-order valence-corrected chi connectivity index (χ2v) is 5.07. The highest BCUT2D eigenvalue weighted by molar-refractivity contribution is 5.05. The molecule has 0 N–H and O–H groups in total. The van der Waals surface area contributed by atoms with Crippen molar-refractivity contribution in [3.63, 3.8) is 0 Å². The van der Waals surface area contributed by atoms with Gasteiger partial charge >= 0.3 is 0 Å². The number of hydrogen-bond acceptors (Lipinski definition) is 0. The van der Waals surface area contributed by atoms with Crippen LogP contribution in [0.4, 0.5) is 0 Å². The Morgan fingerprint density at radius 1 is 1.44 bits per heavy atom. The maximum atomic E-state index is 8.82. The highest BCUT2D eigenvalue weighted by atomic mass is 15.4. The summed E-state index contributed by atoms with van der Waals surface area (Å²) >= 11 is 0. The Kier molecular flexibility index (Phi) is 2.35. The predicted octanol–water partition coefficient (Wildman–Crippen LogP) is 3.69. The Morgan fingerprint density at radius 3 is 2.50 bits per heavy atom. The van der Waals surface area contributed by atoms with Gasteiger partial charge in [-0.05, 0) is 19.9 Å². The molecule has 1 heteroatoms. The third-order valence-corrected chi connectivity index (χ3v) is 2.80. The van der Waals surface area contributed by atoms with Crippen molar-refractivity contribution in [2.75, 3.05) is 14.1 Å². The molecule has 0 fully saturated rings. The highest BCUT2D eigenvalue weighted by Gasteiger charge is 2.36. The lowest BCUT2D eigenvalue weighted by Gasteiger charge is -2.45. The number of likely N-dealkylation sites (N-methyl/N-ethyl adjacent to an activating group) is 1. The molecule has 0 saturated heterocycles. The van der Waals surface area contributed by atoms with E-state index in [-0.39, 0.29) is 29.4 Å². The molecular formula is C15H26N+. The highest BCUT2D eigenvalue weighted by Crippen LogP contribution is 2.29. The molecule has 0 aromatic heterocycles. The summed E-state index contributed by atoms with van der Waals surface area (Å²) in [5.74, 6) is 0. The molecule has 0 aromatic carbocycles. The van der Waals surface area contributed by atoms with Crippen LogP contribution in [-0.4, -0.2) is 30.6 Å². The molecule has 0 spiro atoms. The molecule has 1 nitrogen and oxygen atoms in total. The maximum absolute atomic E-state index is 8.82. The molecule has 0 amide bonds. The largest absolute Gasteiger partial charge is 0.320 e. The first-order valence-corrected chi connectivity index (χ1v) is 5.54. The summed E-state index contributed by atoms with van der Waals surface area (Å²) in [7, 11) is 3.41. The molecule has 0 aromatic rings. The van der Waals surface area contributed by atoms with Gasteiger partial charge in [-0.15, -0.1) is 0 Å².